The van der Waals surface area contributed by atoms with Gasteiger partial charge in [-0.3, -0.25) is 0 Å². The quantitative estimate of drug-likeness (QED) is 0.167. The van der Waals surface area contributed by atoms with E-state index in [9.17, 15) is 0 Å². The highest BCUT2D eigenvalue weighted by Crippen LogP contribution is 2.54. The van der Waals surface area contributed by atoms with Crippen LogP contribution in [0.15, 0.2) is 146 Å². The van der Waals surface area contributed by atoms with Gasteiger partial charge >= 0.3 is 0 Å². The van der Waals surface area contributed by atoms with E-state index in [0.29, 0.717) is 0 Å². The summed E-state index contributed by atoms with van der Waals surface area (Å²) >= 11 is 0. The van der Waals surface area contributed by atoms with E-state index in [1.165, 1.54) is 88.3 Å². The molecule has 0 N–H and O–H groups in total. The zero-order valence-electron chi connectivity index (χ0n) is 29.8. The lowest BCUT2D eigenvalue weighted by Crippen LogP contribution is -2.37. The zero-order valence-corrected chi connectivity index (χ0v) is 30.8. The van der Waals surface area contributed by atoms with Crippen LogP contribution in [0.5, 0.6) is 0 Å². The van der Waals surface area contributed by atoms with Crippen molar-refractivity contribution >= 4 is 62.9 Å². The van der Waals surface area contributed by atoms with Gasteiger partial charge < -0.3 is 9.47 Å². The van der Waals surface area contributed by atoms with E-state index in [2.05, 4.69) is 195 Å². The molecule has 1 aliphatic carbocycles. The van der Waals surface area contributed by atoms with Gasteiger partial charge in [0.15, 0.2) is 0 Å². The number of nitrogens with zero attached hydrogens (tertiary/aromatic N) is 2. The second kappa shape index (κ2) is 11.1. The van der Waals surface area contributed by atoms with Gasteiger partial charge in [-0.25, -0.2) is 0 Å². The van der Waals surface area contributed by atoms with Gasteiger partial charge in [-0.2, -0.15) is 0 Å². The topological polar surface area (TPSA) is 8.17 Å². The largest absolute Gasteiger partial charge is 0.310 e. The molecular weight excluding hydrogens is 621 g/mol. The Bertz CT molecular complexity index is 2550. The monoisotopic (exact) mass is 662 g/mol. The van der Waals surface area contributed by atoms with Crippen molar-refractivity contribution in [1.82, 2.24) is 4.57 Å². The Labute approximate surface area is 296 Å². The highest BCUT2D eigenvalue weighted by atomic mass is 28.3. The third-order valence-electron chi connectivity index (χ3n) is 11.0. The molecule has 244 valence electrons. The van der Waals surface area contributed by atoms with E-state index in [0.717, 1.165) is 0 Å². The molecule has 1 aliphatic rings. The molecule has 8 aromatic rings. The lowest BCUT2D eigenvalue weighted by atomic mass is 9.81. The van der Waals surface area contributed by atoms with Crippen LogP contribution in [0.25, 0.3) is 49.4 Å². The summed E-state index contributed by atoms with van der Waals surface area (Å²) in [4.78, 5) is 2.43. The van der Waals surface area contributed by atoms with Crippen LogP contribution in [0, 0.1) is 6.92 Å². The van der Waals surface area contributed by atoms with E-state index >= 15 is 0 Å². The average Bonchev–Trinajstić information content (AvgIpc) is 3.57. The van der Waals surface area contributed by atoms with Crippen molar-refractivity contribution in [2.24, 2.45) is 0 Å². The van der Waals surface area contributed by atoms with Gasteiger partial charge in [-0.1, -0.05) is 135 Å². The zero-order chi connectivity index (χ0) is 34.4. The third kappa shape index (κ3) is 4.60. The minimum absolute atomic E-state index is 0.209. The van der Waals surface area contributed by atoms with E-state index in [1.54, 1.807) is 0 Å². The van der Waals surface area contributed by atoms with E-state index in [4.69, 9.17) is 0 Å². The maximum absolute atomic E-state index is 2.49. The van der Waals surface area contributed by atoms with Crippen molar-refractivity contribution in [2.45, 2.75) is 45.8 Å². The van der Waals surface area contributed by atoms with Gasteiger partial charge in [0.25, 0.3) is 0 Å². The smallest absolute Gasteiger partial charge is 0.0775 e. The molecule has 50 heavy (non-hydrogen) atoms. The number of hydrogen-bond donors (Lipinski definition) is 0. The first-order chi connectivity index (χ1) is 24.1. The molecule has 0 saturated heterocycles. The second-order valence-electron chi connectivity index (χ2n) is 15.6. The number of para-hydroxylation sites is 2. The third-order valence-corrected chi connectivity index (χ3v) is 13.1. The Morgan fingerprint density at radius 3 is 1.64 bits per heavy atom. The molecule has 2 nitrogen and oxygen atoms in total. The Morgan fingerprint density at radius 1 is 0.520 bits per heavy atom. The predicted molar refractivity (Wildman–Crippen MR) is 218 cm³/mol. The van der Waals surface area contributed by atoms with Gasteiger partial charge in [-0.05, 0) is 89.2 Å². The Balaban J connectivity index is 1.26. The molecular formula is C47H42N2Si. The summed E-state index contributed by atoms with van der Waals surface area (Å²) in [5.74, 6) is 0. The maximum Gasteiger partial charge on any atom is 0.0775 e. The fraction of sp³-hybridized carbons (Fsp3) is 0.149. The summed E-state index contributed by atoms with van der Waals surface area (Å²) in [5, 5.41) is 6.62. The first-order valence-electron chi connectivity index (χ1n) is 17.8. The van der Waals surface area contributed by atoms with E-state index in [1.807, 2.05) is 0 Å². The fourth-order valence-electron chi connectivity index (χ4n) is 8.31. The summed E-state index contributed by atoms with van der Waals surface area (Å²) in [6.45, 7) is 14.2. The number of fused-ring (bicyclic) bond motifs is 8. The van der Waals surface area contributed by atoms with Crippen LogP contribution >= 0.6 is 0 Å². The predicted octanol–water partition coefficient (Wildman–Crippen LogP) is 12.6. The number of aryl methyl sites for hydroxylation is 1. The molecule has 0 spiro atoms. The summed E-state index contributed by atoms with van der Waals surface area (Å²) < 4.78 is 2.49. The molecule has 1 aromatic heterocycles. The number of benzene rings is 7. The van der Waals surface area contributed by atoms with Crippen LogP contribution in [0.2, 0.25) is 19.6 Å². The summed E-state index contributed by atoms with van der Waals surface area (Å²) in [7, 11) is -1.42. The number of rotatable bonds is 5. The van der Waals surface area contributed by atoms with Crippen LogP contribution in [-0.4, -0.2) is 12.6 Å². The Morgan fingerprint density at radius 2 is 1.04 bits per heavy atom. The molecule has 0 fully saturated rings. The summed E-state index contributed by atoms with van der Waals surface area (Å²) in [6.07, 6.45) is 0. The molecule has 0 amide bonds. The Hall–Kier alpha value is -5.38. The van der Waals surface area contributed by atoms with Crippen LogP contribution < -0.4 is 10.1 Å². The van der Waals surface area contributed by atoms with E-state index < -0.39 is 8.07 Å². The molecule has 0 bridgehead atoms. The van der Waals surface area contributed by atoms with Crippen molar-refractivity contribution in [2.75, 3.05) is 4.90 Å². The second-order valence-corrected chi connectivity index (χ2v) is 20.6. The molecule has 3 heteroatoms. The molecule has 7 aromatic carbocycles. The van der Waals surface area contributed by atoms with Crippen molar-refractivity contribution < 1.29 is 0 Å². The lowest BCUT2D eigenvalue weighted by Gasteiger charge is -2.29. The molecule has 0 atom stereocenters. The van der Waals surface area contributed by atoms with Gasteiger partial charge in [-0.15, -0.1) is 0 Å². The van der Waals surface area contributed by atoms with Crippen LogP contribution in [0.4, 0.5) is 17.1 Å². The van der Waals surface area contributed by atoms with Crippen LogP contribution in [-0.2, 0) is 5.41 Å². The standard InChI is InChI=1S/C47H42N2Si/c1-31-19-21-32(22-20-31)48(33-23-26-35(27-24-33)50(4,5)6)34-25-28-40-41(29-34)47(2,3)42-30-45(38-15-7-8-16-39(38)46(40)42)49-43-17-11-9-13-36(43)37-14-10-12-18-44(37)49/h7-30H,1-6H3. The fourth-order valence-corrected chi connectivity index (χ4v) is 9.48. The highest BCUT2D eigenvalue weighted by Gasteiger charge is 2.38. The van der Waals surface area contributed by atoms with Crippen molar-refractivity contribution in [3.05, 3.63) is 162 Å². The van der Waals surface area contributed by atoms with Crippen molar-refractivity contribution in [1.29, 1.82) is 0 Å². The minimum Gasteiger partial charge on any atom is -0.310 e. The van der Waals surface area contributed by atoms with Crippen LogP contribution in [0.3, 0.4) is 0 Å². The number of aromatic nitrogens is 1. The SMILES string of the molecule is Cc1ccc(N(c2ccc([Si](C)(C)C)cc2)c2ccc3c(c2)C(C)(C)c2cc(-n4c5ccccc5c5ccccc54)c4ccccc4c2-3)cc1. The highest BCUT2D eigenvalue weighted by molar-refractivity contribution is 6.88. The van der Waals surface area contributed by atoms with Gasteiger partial charge in [0.2, 0.25) is 0 Å². The molecule has 1 heterocycles. The van der Waals surface area contributed by atoms with Crippen LogP contribution in [0.1, 0.15) is 30.5 Å². The molecule has 0 saturated carbocycles. The first-order valence-corrected chi connectivity index (χ1v) is 21.3. The molecule has 9 rings (SSSR count). The minimum atomic E-state index is -1.42. The Kier molecular flexibility index (Phi) is 6.78. The average molecular weight is 663 g/mol. The maximum atomic E-state index is 2.49. The van der Waals surface area contributed by atoms with Gasteiger partial charge in [0.05, 0.1) is 24.8 Å². The van der Waals surface area contributed by atoms with Gasteiger partial charge in [0, 0.05) is 38.6 Å². The first kappa shape index (κ1) is 30.7. The van der Waals surface area contributed by atoms with E-state index in [-0.39, 0.29) is 5.41 Å². The van der Waals surface area contributed by atoms with Crippen molar-refractivity contribution in [3.63, 3.8) is 0 Å². The molecule has 0 unspecified atom stereocenters. The molecule has 0 aliphatic heterocycles. The summed E-state index contributed by atoms with van der Waals surface area (Å²) in [6, 6.07) is 54.6. The normalized spacial score (nSPS) is 13.6. The van der Waals surface area contributed by atoms with Crippen molar-refractivity contribution in [3.8, 4) is 16.8 Å². The molecule has 0 radical (unpaired) electrons. The number of anilines is 3. The number of hydrogen-bond acceptors (Lipinski definition) is 1. The summed E-state index contributed by atoms with van der Waals surface area (Å²) in [5.41, 5.74) is 13.7. The van der Waals surface area contributed by atoms with Gasteiger partial charge in [0.1, 0.15) is 0 Å². The lowest BCUT2D eigenvalue weighted by molar-refractivity contribution is 0.660.